The summed E-state index contributed by atoms with van der Waals surface area (Å²) in [6.07, 6.45) is 0. The molecule has 102 valence electrons. The maximum Gasteiger partial charge on any atom is 0.246 e. The van der Waals surface area contributed by atoms with E-state index in [0.717, 1.165) is 22.5 Å². The Bertz CT molecular complexity index is 669. The van der Waals surface area contributed by atoms with Crippen LogP contribution in [0.25, 0.3) is 0 Å². The molecule has 0 aromatic heterocycles. The van der Waals surface area contributed by atoms with Crippen LogP contribution in [0.4, 0.5) is 15.8 Å². The van der Waals surface area contributed by atoms with Gasteiger partial charge in [-0.25, -0.2) is 4.39 Å². The molecule has 0 fully saturated rings. The van der Waals surface area contributed by atoms with Crippen molar-refractivity contribution >= 4 is 17.3 Å². The van der Waals surface area contributed by atoms with Gasteiger partial charge in [-0.1, -0.05) is 18.2 Å². The SMILES string of the molecule is Cc1cc(F)ccc1CN1C(=O)CNc2ccccc21. The molecule has 0 aliphatic carbocycles. The number of anilines is 2. The number of benzene rings is 2. The van der Waals surface area contributed by atoms with Crippen LogP contribution in [0.5, 0.6) is 0 Å². The molecule has 2 aromatic carbocycles. The highest BCUT2D eigenvalue weighted by atomic mass is 19.1. The highest BCUT2D eigenvalue weighted by Crippen LogP contribution is 2.30. The predicted molar refractivity (Wildman–Crippen MR) is 77.3 cm³/mol. The van der Waals surface area contributed by atoms with Crippen LogP contribution in [-0.2, 0) is 11.3 Å². The summed E-state index contributed by atoms with van der Waals surface area (Å²) in [5.41, 5.74) is 3.63. The molecular weight excluding hydrogens is 255 g/mol. The van der Waals surface area contributed by atoms with Gasteiger partial charge in [-0.05, 0) is 42.3 Å². The van der Waals surface area contributed by atoms with E-state index >= 15 is 0 Å². The van der Waals surface area contributed by atoms with Gasteiger partial charge in [0.05, 0.1) is 24.5 Å². The van der Waals surface area contributed by atoms with Crippen molar-refractivity contribution in [1.29, 1.82) is 0 Å². The molecule has 1 N–H and O–H groups in total. The van der Waals surface area contributed by atoms with Gasteiger partial charge in [0.25, 0.3) is 0 Å². The average Bonchev–Trinajstić information content (AvgIpc) is 2.44. The number of amides is 1. The molecule has 2 aromatic rings. The molecule has 0 saturated heterocycles. The quantitative estimate of drug-likeness (QED) is 0.909. The van der Waals surface area contributed by atoms with Crippen LogP contribution < -0.4 is 10.2 Å². The summed E-state index contributed by atoms with van der Waals surface area (Å²) in [6.45, 7) is 2.61. The van der Waals surface area contributed by atoms with E-state index in [4.69, 9.17) is 0 Å². The molecule has 3 nitrogen and oxygen atoms in total. The number of nitrogens with one attached hydrogen (secondary N) is 1. The molecule has 1 heterocycles. The van der Waals surface area contributed by atoms with Crippen molar-refractivity contribution in [1.82, 2.24) is 0 Å². The molecule has 1 aliphatic heterocycles. The molecule has 0 bridgehead atoms. The van der Waals surface area contributed by atoms with E-state index in [1.165, 1.54) is 12.1 Å². The van der Waals surface area contributed by atoms with Crippen molar-refractivity contribution < 1.29 is 9.18 Å². The van der Waals surface area contributed by atoms with E-state index in [9.17, 15) is 9.18 Å². The van der Waals surface area contributed by atoms with E-state index in [1.807, 2.05) is 31.2 Å². The lowest BCUT2D eigenvalue weighted by molar-refractivity contribution is -0.117. The van der Waals surface area contributed by atoms with E-state index < -0.39 is 0 Å². The lowest BCUT2D eigenvalue weighted by Crippen LogP contribution is -2.39. The highest BCUT2D eigenvalue weighted by Gasteiger charge is 2.23. The third kappa shape index (κ3) is 2.25. The minimum atomic E-state index is -0.252. The van der Waals surface area contributed by atoms with Gasteiger partial charge in [-0.3, -0.25) is 4.79 Å². The topological polar surface area (TPSA) is 32.3 Å². The number of rotatable bonds is 2. The zero-order valence-electron chi connectivity index (χ0n) is 11.2. The highest BCUT2D eigenvalue weighted by molar-refractivity contribution is 6.02. The van der Waals surface area contributed by atoms with E-state index in [0.29, 0.717) is 6.54 Å². The number of halogens is 1. The largest absolute Gasteiger partial charge is 0.374 e. The van der Waals surface area contributed by atoms with E-state index in [-0.39, 0.29) is 18.3 Å². The molecule has 0 saturated carbocycles. The van der Waals surface area contributed by atoms with Crippen molar-refractivity contribution in [3.8, 4) is 0 Å². The lowest BCUT2D eigenvalue weighted by Gasteiger charge is -2.30. The minimum absolute atomic E-state index is 0.0208. The Morgan fingerprint density at radius 3 is 2.85 bits per heavy atom. The van der Waals surface area contributed by atoms with Gasteiger partial charge in [0.2, 0.25) is 5.91 Å². The third-order valence-corrected chi connectivity index (χ3v) is 3.56. The summed E-state index contributed by atoms with van der Waals surface area (Å²) in [4.78, 5) is 13.9. The van der Waals surface area contributed by atoms with E-state index in [1.54, 1.807) is 11.0 Å². The van der Waals surface area contributed by atoms with Crippen LogP contribution >= 0.6 is 0 Å². The summed E-state index contributed by atoms with van der Waals surface area (Å²) in [7, 11) is 0. The average molecular weight is 270 g/mol. The van der Waals surface area contributed by atoms with Crippen molar-refractivity contribution in [3.63, 3.8) is 0 Å². The molecule has 0 spiro atoms. The van der Waals surface area contributed by atoms with E-state index in [2.05, 4.69) is 5.32 Å². The first kappa shape index (κ1) is 12.7. The fraction of sp³-hybridized carbons (Fsp3) is 0.188. The first-order chi connectivity index (χ1) is 9.65. The second-order valence-corrected chi connectivity index (χ2v) is 4.92. The first-order valence-corrected chi connectivity index (χ1v) is 6.53. The lowest BCUT2D eigenvalue weighted by atomic mass is 10.1. The molecule has 1 aliphatic rings. The summed E-state index contributed by atoms with van der Waals surface area (Å²) < 4.78 is 13.2. The number of nitrogens with zero attached hydrogens (tertiary/aromatic N) is 1. The van der Waals surface area contributed by atoms with Crippen LogP contribution in [0, 0.1) is 12.7 Å². The first-order valence-electron chi connectivity index (χ1n) is 6.53. The number of hydrogen-bond acceptors (Lipinski definition) is 2. The molecule has 4 heteroatoms. The van der Waals surface area contributed by atoms with Crippen LogP contribution in [0.15, 0.2) is 42.5 Å². The normalized spacial score (nSPS) is 13.9. The van der Waals surface area contributed by atoms with Crippen LogP contribution in [0.2, 0.25) is 0 Å². The van der Waals surface area contributed by atoms with Crippen molar-refractivity contribution in [3.05, 3.63) is 59.4 Å². The fourth-order valence-electron chi connectivity index (χ4n) is 2.44. The number of para-hydroxylation sites is 2. The number of hydrogen-bond donors (Lipinski definition) is 1. The molecule has 3 rings (SSSR count). The third-order valence-electron chi connectivity index (χ3n) is 3.56. The van der Waals surface area contributed by atoms with Gasteiger partial charge >= 0.3 is 0 Å². The molecule has 0 unspecified atom stereocenters. The standard InChI is InChI=1S/C16H15FN2O/c1-11-8-13(17)7-6-12(11)10-19-15-5-3-2-4-14(15)18-9-16(19)20/h2-8,18H,9-10H2,1H3. The number of aryl methyl sites for hydroxylation is 1. The Balaban J connectivity index is 1.95. The second kappa shape index (κ2) is 4.96. The molecular formula is C16H15FN2O. The Labute approximate surface area is 117 Å². The van der Waals surface area contributed by atoms with Crippen LogP contribution in [0.3, 0.4) is 0 Å². The summed E-state index contributed by atoms with van der Waals surface area (Å²) in [5, 5.41) is 3.10. The summed E-state index contributed by atoms with van der Waals surface area (Å²) >= 11 is 0. The maximum atomic E-state index is 13.2. The van der Waals surface area contributed by atoms with Crippen LogP contribution in [-0.4, -0.2) is 12.5 Å². The van der Waals surface area contributed by atoms with Crippen molar-refractivity contribution in [2.45, 2.75) is 13.5 Å². The Morgan fingerprint density at radius 2 is 2.05 bits per heavy atom. The van der Waals surface area contributed by atoms with Gasteiger partial charge in [-0.2, -0.15) is 0 Å². The fourth-order valence-corrected chi connectivity index (χ4v) is 2.44. The maximum absolute atomic E-state index is 13.2. The monoisotopic (exact) mass is 270 g/mol. The summed E-state index contributed by atoms with van der Waals surface area (Å²) in [5.74, 6) is -0.231. The number of carbonyl (C=O) groups is 1. The Hall–Kier alpha value is -2.36. The number of fused-ring (bicyclic) bond motifs is 1. The second-order valence-electron chi connectivity index (χ2n) is 4.92. The van der Waals surface area contributed by atoms with Gasteiger partial charge in [0, 0.05) is 0 Å². The van der Waals surface area contributed by atoms with Gasteiger partial charge in [0.15, 0.2) is 0 Å². The Kier molecular flexibility index (Phi) is 3.14. The minimum Gasteiger partial charge on any atom is -0.374 e. The van der Waals surface area contributed by atoms with Crippen LogP contribution in [0.1, 0.15) is 11.1 Å². The molecule has 0 radical (unpaired) electrons. The van der Waals surface area contributed by atoms with Crippen molar-refractivity contribution in [2.24, 2.45) is 0 Å². The zero-order valence-corrected chi connectivity index (χ0v) is 11.2. The van der Waals surface area contributed by atoms with Gasteiger partial charge in [0.1, 0.15) is 5.82 Å². The van der Waals surface area contributed by atoms with Gasteiger partial charge < -0.3 is 10.2 Å². The smallest absolute Gasteiger partial charge is 0.246 e. The molecule has 20 heavy (non-hydrogen) atoms. The predicted octanol–water partition coefficient (Wildman–Crippen LogP) is 3.09. The Morgan fingerprint density at radius 1 is 1.25 bits per heavy atom. The van der Waals surface area contributed by atoms with Crippen molar-refractivity contribution in [2.75, 3.05) is 16.8 Å². The zero-order chi connectivity index (χ0) is 14.1. The number of carbonyl (C=O) groups excluding carboxylic acids is 1. The molecule has 1 amide bonds. The molecule has 0 atom stereocenters. The summed E-state index contributed by atoms with van der Waals surface area (Å²) in [6, 6.07) is 12.4. The van der Waals surface area contributed by atoms with Gasteiger partial charge in [-0.15, -0.1) is 0 Å².